The van der Waals surface area contributed by atoms with E-state index in [9.17, 15) is 13.5 Å². The number of halogens is 1. The van der Waals surface area contributed by atoms with E-state index in [1.165, 1.54) is 13.2 Å². The van der Waals surface area contributed by atoms with Gasteiger partial charge < -0.3 is 19.5 Å². The van der Waals surface area contributed by atoms with Crippen LogP contribution in [0.25, 0.3) is 0 Å². The van der Waals surface area contributed by atoms with Crippen LogP contribution in [0.15, 0.2) is 6.07 Å². The molecule has 1 aliphatic rings. The molecule has 8 nitrogen and oxygen atoms in total. The Labute approximate surface area is 133 Å². The molecule has 1 aliphatic heterocycles. The second-order valence-corrected chi connectivity index (χ2v) is 7.45. The molecule has 0 saturated carbocycles. The Bertz CT molecular complexity index is 621. The van der Waals surface area contributed by atoms with Crippen molar-refractivity contribution in [3.05, 3.63) is 16.9 Å². The minimum Gasteiger partial charge on any atom is -0.378 e. The van der Waals surface area contributed by atoms with Crippen LogP contribution in [0.2, 0.25) is 5.15 Å². The zero-order valence-corrected chi connectivity index (χ0v) is 13.8. The molecule has 22 heavy (non-hydrogen) atoms. The SMILES string of the molecule is COC(O)C(c1cc(Cl)nc(N2CCOCC2)n1)S(C)(=O)=O. The number of aliphatic hydroxyl groups is 1. The maximum Gasteiger partial charge on any atom is 0.227 e. The number of aromatic nitrogens is 2. The molecule has 2 rings (SSSR count). The highest BCUT2D eigenvalue weighted by molar-refractivity contribution is 7.91. The third-order valence-corrected chi connectivity index (χ3v) is 4.84. The van der Waals surface area contributed by atoms with Gasteiger partial charge in [0.2, 0.25) is 5.95 Å². The van der Waals surface area contributed by atoms with E-state index in [-0.39, 0.29) is 10.8 Å². The molecule has 1 aromatic rings. The number of sulfone groups is 1. The van der Waals surface area contributed by atoms with Crippen LogP contribution in [0, 0.1) is 0 Å². The predicted molar refractivity (Wildman–Crippen MR) is 80.7 cm³/mol. The first-order chi connectivity index (χ1) is 10.3. The van der Waals surface area contributed by atoms with Crippen molar-refractivity contribution < 1.29 is 23.0 Å². The van der Waals surface area contributed by atoms with Crippen molar-refractivity contribution in [2.24, 2.45) is 0 Å². The van der Waals surface area contributed by atoms with Gasteiger partial charge in [0.05, 0.1) is 18.9 Å². The third-order valence-electron chi connectivity index (χ3n) is 3.25. The highest BCUT2D eigenvalue weighted by Gasteiger charge is 2.33. The number of nitrogens with zero attached hydrogens (tertiary/aromatic N) is 3. The van der Waals surface area contributed by atoms with Crippen molar-refractivity contribution in [3.8, 4) is 0 Å². The number of hydrogen-bond donors (Lipinski definition) is 1. The smallest absolute Gasteiger partial charge is 0.227 e. The summed E-state index contributed by atoms with van der Waals surface area (Å²) in [4.78, 5) is 10.2. The predicted octanol–water partition coefficient (Wildman–Crippen LogP) is 0.0171. The molecule has 124 valence electrons. The summed E-state index contributed by atoms with van der Waals surface area (Å²) >= 11 is 5.98. The van der Waals surface area contributed by atoms with Gasteiger partial charge in [-0.2, -0.15) is 0 Å². The summed E-state index contributed by atoms with van der Waals surface area (Å²) in [5, 5.41) is 8.63. The first kappa shape index (κ1) is 17.4. The molecule has 2 unspecified atom stereocenters. The summed E-state index contributed by atoms with van der Waals surface area (Å²) in [5.41, 5.74) is 0.0957. The molecular weight excluding hydrogens is 334 g/mol. The van der Waals surface area contributed by atoms with Crippen molar-refractivity contribution >= 4 is 27.4 Å². The van der Waals surface area contributed by atoms with Crippen LogP contribution < -0.4 is 4.90 Å². The van der Waals surface area contributed by atoms with Gasteiger partial charge in [0.15, 0.2) is 21.4 Å². The molecule has 0 bridgehead atoms. The standard InChI is InChI=1S/C12H18ClN3O5S/c1-20-11(17)10(22(2,18)19)8-7-9(13)15-12(14-8)16-3-5-21-6-4-16/h7,10-11,17H,3-6H2,1-2H3. The summed E-state index contributed by atoms with van der Waals surface area (Å²) < 4.78 is 33.9. The zero-order valence-electron chi connectivity index (χ0n) is 12.3. The molecule has 2 atom stereocenters. The first-order valence-corrected chi connectivity index (χ1v) is 8.93. The quantitative estimate of drug-likeness (QED) is 0.585. The molecule has 0 aliphatic carbocycles. The van der Waals surface area contributed by atoms with Crippen molar-refractivity contribution in [3.63, 3.8) is 0 Å². The summed E-state index contributed by atoms with van der Waals surface area (Å²) in [6, 6.07) is 1.32. The topological polar surface area (TPSA) is 102 Å². The van der Waals surface area contributed by atoms with Gasteiger partial charge in [-0.15, -0.1) is 0 Å². The van der Waals surface area contributed by atoms with E-state index in [1.54, 1.807) is 0 Å². The second-order valence-electron chi connectivity index (χ2n) is 4.89. The maximum atomic E-state index is 12.0. The first-order valence-electron chi connectivity index (χ1n) is 6.60. The molecule has 0 radical (unpaired) electrons. The van der Waals surface area contributed by atoms with Gasteiger partial charge in [-0.25, -0.2) is 18.4 Å². The van der Waals surface area contributed by atoms with E-state index in [4.69, 9.17) is 21.1 Å². The van der Waals surface area contributed by atoms with Crippen molar-refractivity contribution in [2.45, 2.75) is 11.5 Å². The number of anilines is 1. The lowest BCUT2D eigenvalue weighted by Crippen LogP contribution is -2.38. The monoisotopic (exact) mass is 351 g/mol. The van der Waals surface area contributed by atoms with Crippen LogP contribution >= 0.6 is 11.6 Å². The van der Waals surface area contributed by atoms with E-state index in [2.05, 4.69) is 9.97 Å². The Morgan fingerprint density at radius 3 is 2.59 bits per heavy atom. The molecular formula is C12H18ClN3O5S. The van der Waals surface area contributed by atoms with E-state index in [1.807, 2.05) is 4.90 Å². The average molecular weight is 352 g/mol. The van der Waals surface area contributed by atoms with Gasteiger partial charge in [0.25, 0.3) is 0 Å². The van der Waals surface area contributed by atoms with Crippen molar-refractivity contribution in [1.29, 1.82) is 0 Å². The minimum atomic E-state index is -3.66. The highest BCUT2D eigenvalue weighted by Crippen LogP contribution is 2.28. The second kappa shape index (κ2) is 7.05. The molecule has 0 spiro atoms. The van der Waals surface area contributed by atoms with E-state index in [0.717, 1.165) is 6.26 Å². The molecule has 1 aromatic heterocycles. The van der Waals surface area contributed by atoms with Gasteiger partial charge in [-0.05, 0) is 6.07 Å². The summed E-state index contributed by atoms with van der Waals surface area (Å²) in [6.45, 7) is 2.22. The molecule has 0 aromatic carbocycles. The van der Waals surface area contributed by atoms with Crippen LogP contribution in [-0.4, -0.2) is 69.5 Å². The van der Waals surface area contributed by atoms with E-state index in [0.29, 0.717) is 32.3 Å². The molecule has 10 heteroatoms. The Morgan fingerprint density at radius 2 is 2.05 bits per heavy atom. The van der Waals surface area contributed by atoms with E-state index >= 15 is 0 Å². The minimum absolute atomic E-state index is 0.0957. The fourth-order valence-electron chi connectivity index (χ4n) is 2.17. The van der Waals surface area contributed by atoms with Crippen LogP contribution in [-0.2, 0) is 19.3 Å². The lowest BCUT2D eigenvalue weighted by molar-refractivity contribution is -0.0762. The Morgan fingerprint density at radius 1 is 1.41 bits per heavy atom. The normalized spacial score (nSPS) is 19.0. The van der Waals surface area contributed by atoms with Gasteiger partial charge in [-0.1, -0.05) is 11.6 Å². The molecule has 0 amide bonds. The number of hydrogen-bond acceptors (Lipinski definition) is 8. The van der Waals surface area contributed by atoms with Gasteiger partial charge >= 0.3 is 0 Å². The lowest BCUT2D eigenvalue weighted by atomic mass is 10.3. The van der Waals surface area contributed by atoms with Crippen molar-refractivity contribution in [2.75, 3.05) is 44.6 Å². The summed E-state index contributed by atoms with van der Waals surface area (Å²) in [7, 11) is -2.44. The number of ether oxygens (including phenoxy) is 2. The molecule has 1 saturated heterocycles. The largest absolute Gasteiger partial charge is 0.378 e. The summed E-state index contributed by atoms with van der Waals surface area (Å²) in [6.07, 6.45) is -0.539. The molecule has 1 N–H and O–H groups in total. The average Bonchev–Trinajstić information content (AvgIpc) is 2.46. The number of methoxy groups -OCH3 is 1. The Kier molecular flexibility index (Phi) is 5.56. The third kappa shape index (κ3) is 4.05. The maximum absolute atomic E-state index is 12.0. The van der Waals surface area contributed by atoms with Crippen LogP contribution in [0.4, 0.5) is 5.95 Å². The zero-order chi connectivity index (χ0) is 16.3. The van der Waals surface area contributed by atoms with Gasteiger partial charge in [0.1, 0.15) is 5.15 Å². The van der Waals surface area contributed by atoms with Crippen LogP contribution in [0.3, 0.4) is 0 Å². The number of rotatable bonds is 5. The summed E-state index contributed by atoms with van der Waals surface area (Å²) in [5.74, 6) is 0.308. The number of aliphatic hydroxyl groups excluding tert-OH is 1. The molecule has 1 fully saturated rings. The fraction of sp³-hybridized carbons (Fsp3) is 0.667. The van der Waals surface area contributed by atoms with Crippen molar-refractivity contribution in [1.82, 2.24) is 9.97 Å². The Balaban J connectivity index is 2.42. The van der Waals surface area contributed by atoms with E-state index < -0.39 is 21.4 Å². The number of morpholine rings is 1. The van der Waals surface area contributed by atoms with Gasteiger partial charge in [0, 0.05) is 26.5 Å². The molecule has 2 heterocycles. The van der Waals surface area contributed by atoms with Crippen LogP contribution in [0.1, 0.15) is 10.9 Å². The fourth-order valence-corrected chi connectivity index (χ4v) is 3.45. The Hall–Kier alpha value is -1.00. The van der Waals surface area contributed by atoms with Crippen LogP contribution in [0.5, 0.6) is 0 Å². The van der Waals surface area contributed by atoms with Gasteiger partial charge in [-0.3, -0.25) is 0 Å². The highest BCUT2D eigenvalue weighted by atomic mass is 35.5. The lowest BCUT2D eigenvalue weighted by Gasteiger charge is -2.28.